The summed E-state index contributed by atoms with van der Waals surface area (Å²) >= 11 is 0. The molecular formula is C23H22N6O3. The van der Waals surface area contributed by atoms with Gasteiger partial charge in [-0.2, -0.15) is 9.78 Å². The summed E-state index contributed by atoms with van der Waals surface area (Å²) in [6.07, 6.45) is 5.50. The number of nitrogens with one attached hydrogen (secondary N) is 1. The molecule has 0 radical (unpaired) electrons. The number of H-pyrrole nitrogens is 1. The van der Waals surface area contributed by atoms with Gasteiger partial charge in [0.1, 0.15) is 17.3 Å². The van der Waals surface area contributed by atoms with Crippen LogP contribution in [-0.4, -0.2) is 31.9 Å². The molecule has 1 saturated carbocycles. The Balaban J connectivity index is 1.70. The minimum Gasteiger partial charge on any atom is -0.420 e. The monoisotopic (exact) mass is 430 g/mol. The van der Waals surface area contributed by atoms with Crippen LogP contribution in [0.2, 0.25) is 0 Å². The number of nitriles is 1. The minimum atomic E-state index is -0.417. The standard InChI is InChI=1S/C23H22N6O3/c1-31-13-17-19(22-27-26-21(32-22)15-10-6-3-7-11-15)23(30)29-20(25-17)18(16(12-24)28-29)14-8-4-2-5-9-14/h2,4-5,8-9,15,28H,3,6-7,10-11,13H2,1H3. The van der Waals surface area contributed by atoms with Gasteiger partial charge in [0.25, 0.3) is 11.4 Å². The van der Waals surface area contributed by atoms with Gasteiger partial charge in [0.05, 0.1) is 17.9 Å². The highest BCUT2D eigenvalue weighted by Gasteiger charge is 2.27. The summed E-state index contributed by atoms with van der Waals surface area (Å²) in [7, 11) is 1.53. The first-order chi connectivity index (χ1) is 15.7. The predicted molar refractivity (Wildman–Crippen MR) is 116 cm³/mol. The zero-order valence-corrected chi connectivity index (χ0v) is 17.7. The second kappa shape index (κ2) is 8.40. The van der Waals surface area contributed by atoms with Crippen molar-refractivity contribution in [2.24, 2.45) is 0 Å². The maximum Gasteiger partial charge on any atom is 0.285 e. The van der Waals surface area contributed by atoms with Gasteiger partial charge in [-0.1, -0.05) is 49.6 Å². The number of methoxy groups -OCH3 is 1. The number of ether oxygens (including phenoxy) is 1. The summed E-state index contributed by atoms with van der Waals surface area (Å²) in [5.41, 5.74) is 2.09. The quantitative estimate of drug-likeness (QED) is 0.511. The number of rotatable bonds is 5. The van der Waals surface area contributed by atoms with Crippen molar-refractivity contribution >= 4 is 5.65 Å². The third-order valence-electron chi connectivity index (χ3n) is 5.92. The van der Waals surface area contributed by atoms with E-state index < -0.39 is 5.56 Å². The molecule has 1 aromatic carbocycles. The number of hydrogen-bond acceptors (Lipinski definition) is 7. The fourth-order valence-corrected chi connectivity index (χ4v) is 4.38. The second-order valence-corrected chi connectivity index (χ2v) is 7.95. The first-order valence-electron chi connectivity index (χ1n) is 10.7. The van der Waals surface area contributed by atoms with Crippen LogP contribution in [0.4, 0.5) is 0 Å². The molecule has 9 nitrogen and oxygen atoms in total. The van der Waals surface area contributed by atoms with E-state index in [2.05, 4.69) is 21.4 Å². The first kappa shape index (κ1) is 20.2. The molecule has 3 aromatic heterocycles. The molecule has 1 fully saturated rings. The fourth-order valence-electron chi connectivity index (χ4n) is 4.38. The molecule has 0 unspecified atom stereocenters. The van der Waals surface area contributed by atoms with Crippen LogP contribution >= 0.6 is 0 Å². The SMILES string of the molecule is COCc1nc2c(-c3ccccc3)c(C#N)[nH]n2c(=O)c1-c1nnc(C2CCCCC2)o1. The van der Waals surface area contributed by atoms with Crippen LogP contribution in [-0.2, 0) is 11.3 Å². The maximum absolute atomic E-state index is 13.5. The lowest BCUT2D eigenvalue weighted by molar-refractivity contribution is 0.181. The number of benzene rings is 1. The Labute approximate surface area is 183 Å². The lowest BCUT2D eigenvalue weighted by atomic mass is 9.89. The minimum absolute atomic E-state index is 0.0868. The summed E-state index contributed by atoms with van der Waals surface area (Å²) in [5, 5.41) is 21.0. The van der Waals surface area contributed by atoms with Crippen molar-refractivity contribution in [3.63, 3.8) is 0 Å². The van der Waals surface area contributed by atoms with Crippen LogP contribution in [0, 0.1) is 11.3 Å². The summed E-state index contributed by atoms with van der Waals surface area (Å²) in [6, 6.07) is 11.5. The molecule has 0 atom stereocenters. The van der Waals surface area contributed by atoms with Gasteiger partial charge in [-0.25, -0.2) is 4.98 Å². The molecule has 9 heteroatoms. The van der Waals surface area contributed by atoms with E-state index in [-0.39, 0.29) is 29.7 Å². The fraction of sp³-hybridized carbons (Fsp3) is 0.348. The summed E-state index contributed by atoms with van der Waals surface area (Å²) < 4.78 is 12.5. The molecule has 32 heavy (non-hydrogen) atoms. The van der Waals surface area contributed by atoms with E-state index in [9.17, 15) is 10.1 Å². The number of hydrogen-bond donors (Lipinski definition) is 1. The number of aromatic amines is 1. The van der Waals surface area contributed by atoms with Crippen molar-refractivity contribution in [1.29, 1.82) is 5.26 Å². The van der Waals surface area contributed by atoms with E-state index in [0.717, 1.165) is 31.2 Å². The van der Waals surface area contributed by atoms with Gasteiger partial charge in [0.2, 0.25) is 5.89 Å². The van der Waals surface area contributed by atoms with Gasteiger partial charge in [-0.05, 0) is 18.4 Å². The Kier molecular flexibility index (Phi) is 5.29. The molecule has 0 aliphatic heterocycles. The Morgan fingerprint density at radius 2 is 1.97 bits per heavy atom. The number of nitrogens with zero attached hydrogens (tertiary/aromatic N) is 5. The van der Waals surface area contributed by atoms with Crippen LogP contribution in [0.25, 0.3) is 28.2 Å². The highest BCUT2D eigenvalue weighted by Crippen LogP contribution is 2.33. The van der Waals surface area contributed by atoms with Gasteiger partial charge >= 0.3 is 0 Å². The molecule has 1 aliphatic carbocycles. The molecule has 0 bridgehead atoms. The number of fused-ring (bicyclic) bond motifs is 1. The predicted octanol–water partition coefficient (Wildman–Crippen LogP) is 3.81. The molecule has 0 amide bonds. The molecule has 4 aromatic rings. The Bertz CT molecular complexity index is 1360. The van der Waals surface area contributed by atoms with Gasteiger partial charge in [0, 0.05) is 13.0 Å². The molecule has 3 heterocycles. The zero-order valence-electron chi connectivity index (χ0n) is 17.7. The van der Waals surface area contributed by atoms with Crippen LogP contribution in [0.15, 0.2) is 39.5 Å². The molecule has 162 valence electrons. The molecule has 0 saturated heterocycles. The average Bonchev–Trinajstić information content (AvgIpc) is 3.46. The second-order valence-electron chi connectivity index (χ2n) is 7.95. The lowest BCUT2D eigenvalue weighted by Gasteiger charge is -2.17. The van der Waals surface area contributed by atoms with Gasteiger partial charge in [-0.15, -0.1) is 10.2 Å². The molecule has 1 aliphatic rings. The molecule has 1 N–H and O–H groups in total. The zero-order chi connectivity index (χ0) is 22.1. The van der Waals surface area contributed by atoms with Crippen molar-refractivity contribution in [3.05, 3.63) is 58.0 Å². The molecular weight excluding hydrogens is 408 g/mol. The molecule has 5 rings (SSSR count). The normalized spacial score (nSPS) is 14.6. The summed E-state index contributed by atoms with van der Waals surface area (Å²) in [6.45, 7) is 0.0868. The van der Waals surface area contributed by atoms with E-state index in [0.29, 0.717) is 22.8 Å². The highest BCUT2D eigenvalue weighted by atomic mass is 16.5. The highest BCUT2D eigenvalue weighted by molar-refractivity contribution is 5.82. The summed E-state index contributed by atoms with van der Waals surface area (Å²) in [5.74, 6) is 0.899. The first-order valence-corrected chi connectivity index (χ1v) is 10.7. The Hall–Kier alpha value is -3.77. The maximum atomic E-state index is 13.5. The van der Waals surface area contributed by atoms with E-state index in [1.54, 1.807) is 0 Å². The smallest absolute Gasteiger partial charge is 0.285 e. The van der Waals surface area contributed by atoms with Gasteiger partial charge < -0.3 is 9.15 Å². The van der Waals surface area contributed by atoms with E-state index in [1.807, 2.05) is 30.3 Å². The van der Waals surface area contributed by atoms with E-state index in [1.165, 1.54) is 18.0 Å². The summed E-state index contributed by atoms with van der Waals surface area (Å²) in [4.78, 5) is 18.2. The van der Waals surface area contributed by atoms with E-state index >= 15 is 0 Å². The van der Waals surface area contributed by atoms with E-state index in [4.69, 9.17) is 14.1 Å². The third-order valence-corrected chi connectivity index (χ3v) is 5.92. The van der Waals surface area contributed by atoms with Crippen molar-refractivity contribution in [2.75, 3.05) is 7.11 Å². The lowest BCUT2D eigenvalue weighted by Crippen LogP contribution is -2.20. The number of aromatic nitrogens is 5. The van der Waals surface area contributed by atoms with Crippen LogP contribution in [0.1, 0.15) is 55.3 Å². The van der Waals surface area contributed by atoms with Gasteiger partial charge in [0.15, 0.2) is 5.65 Å². The topological polar surface area (TPSA) is 122 Å². The Morgan fingerprint density at radius 3 is 2.69 bits per heavy atom. The van der Waals surface area contributed by atoms with Crippen LogP contribution in [0.5, 0.6) is 0 Å². The van der Waals surface area contributed by atoms with Crippen LogP contribution < -0.4 is 5.56 Å². The van der Waals surface area contributed by atoms with Crippen molar-refractivity contribution in [1.82, 2.24) is 24.8 Å². The van der Waals surface area contributed by atoms with Crippen LogP contribution in [0.3, 0.4) is 0 Å². The largest absolute Gasteiger partial charge is 0.420 e. The Morgan fingerprint density at radius 1 is 1.19 bits per heavy atom. The third kappa shape index (κ3) is 3.39. The average molecular weight is 430 g/mol. The van der Waals surface area contributed by atoms with Gasteiger partial charge in [-0.3, -0.25) is 9.89 Å². The van der Waals surface area contributed by atoms with Crippen molar-refractivity contribution in [2.45, 2.75) is 44.6 Å². The molecule has 0 spiro atoms. The van der Waals surface area contributed by atoms with Crippen molar-refractivity contribution < 1.29 is 9.15 Å². The van der Waals surface area contributed by atoms with Crippen molar-refractivity contribution in [3.8, 4) is 28.7 Å².